The first-order valence-electron chi connectivity index (χ1n) is 10.7. The van der Waals surface area contributed by atoms with Crippen LogP contribution in [0.4, 0.5) is 11.5 Å². The lowest BCUT2D eigenvalue weighted by Crippen LogP contribution is -2.44. The second kappa shape index (κ2) is 8.43. The van der Waals surface area contributed by atoms with Crippen molar-refractivity contribution in [1.29, 1.82) is 0 Å². The van der Waals surface area contributed by atoms with Crippen LogP contribution in [0.15, 0.2) is 65.2 Å². The Morgan fingerprint density at radius 3 is 2.56 bits per heavy atom. The van der Waals surface area contributed by atoms with E-state index in [-0.39, 0.29) is 5.91 Å². The van der Waals surface area contributed by atoms with Gasteiger partial charge in [-0.3, -0.25) is 4.79 Å². The molecule has 7 nitrogen and oxygen atoms in total. The number of benzene rings is 1. The Bertz CT molecular complexity index is 1260. The molecule has 0 spiro atoms. The minimum Gasteiger partial charge on any atom is -0.460 e. The number of fused-ring (bicyclic) bond motifs is 1. The second-order valence-corrected chi connectivity index (χ2v) is 8.13. The van der Waals surface area contributed by atoms with Crippen molar-refractivity contribution in [3.8, 4) is 11.5 Å². The summed E-state index contributed by atoms with van der Waals surface area (Å²) in [6, 6.07) is 17.0. The summed E-state index contributed by atoms with van der Waals surface area (Å²) in [6.07, 6.45) is 1.71. The van der Waals surface area contributed by atoms with Crippen molar-refractivity contribution in [2.24, 2.45) is 0 Å². The van der Waals surface area contributed by atoms with Gasteiger partial charge in [0.25, 0.3) is 5.91 Å². The first-order valence-corrected chi connectivity index (χ1v) is 10.7. The van der Waals surface area contributed by atoms with Gasteiger partial charge in [0.1, 0.15) is 17.3 Å². The first-order chi connectivity index (χ1) is 15.6. The van der Waals surface area contributed by atoms with Crippen molar-refractivity contribution in [1.82, 2.24) is 14.9 Å². The highest BCUT2D eigenvalue weighted by atomic mass is 16.3. The molecule has 0 aliphatic carbocycles. The third-order valence-electron chi connectivity index (χ3n) is 5.79. The summed E-state index contributed by atoms with van der Waals surface area (Å²) in [5, 5.41) is 3.78. The van der Waals surface area contributed by atoms with E-state index >= 15 is 0 Å². The highest BCUT2D eigenvalue weighted by molar-refractivity contribution is 6.13. The molecule has 1 saturated heterocycles. The molecule has 1 aromatic carbocycles. The number of nitrogens with zero attached hydrogens (tertiary/aromatic N) is 4. The number of aromatic nitrogens is 2. The molecule has 0 bridgehead atoms. The van der Waals surface area contributed by atoms with Crippen LogP contribution >= 0.6 is 0 Å². The number of hydrogen-bond acceptors (Lipinski definition) is 6. The smallest absolute Gasteiger partial charge is 0.256 e. The molecule has 162 valence electrons. The van der Waals surface area contributed by atoms with Crippen LogP contribution in [0, 0.1) is 6.92 Å². The molecule has 1 aliphatic heterocycles. The van der Waals surface area contributed by atoms with Gasteiger partial charge in [-0.2, -0.15) is 0 Å². The van der Waals surface area contributed by atoms with Crippen molar-refractivity contribution in [3.63, 3.8) is 0 Å². The highest BCUT2D eigenvalue weighted by Gasteiger charge is 2.17. The Kier molecular flexibility index (Phi) is 5.33. The van der Waals surface area contributed by atoms with E-state index in [2.05, 4.69) is 32.1 Å². The van der Waals surface area contributed by atoms with E-state index in [0.717, 1.165) is 48.7 Å². The molecule has 1 fully saturated rings. The van der Waals surface area contributed by atoms with Crippen LogP contribution in [0.5, 0.6) is 0 Å². The molecule has 0 unspecified atom stereocenters. The van der Waals surface area contributed by atoms with Gasteiger partial charge in [-0.1, -0.05) is 18.2 Å². The summed E-state index contributed by atoms with van der Waals surface area (Å²) in [5.74, 6) is 2.16. The van der Waals surface area contributed by atoms with Crippen molar-refractivity contribution in [3.05, 3.63) is 72.1 Å². The van der Waals surface area contributed by atoms with E-state index in [1.54, 1.807) is 12.3 Å². The molecule has 3 aromatic heterocycles. The van der Waals surface area contributed by atoms with Gasteiger partial charge in [0.2, 0.25) is 0 Å². The van der Waals surface area contributed by atoms with E-state index in [0.29, 0.717) is 22.7 Å². The van der Waals surface area contributed by atoms with Gasteiger partial charge in [-0.05, 0) is 50.4 Å². The van der Waals surface area contributed by atoms with Crippen molar-refractivity contribution < 1.29 is 9.21 Å². The monoisotopic (exact) mass is 427 g/mol. The van der Waals surface area contributed by atoms with Gasteiger partial charge in [-0.15, -0.1) is 0 Å². The molecular formula is C25H25N5O2. The Labute approximate surface area is 186 Å². The number of amides is 1. The van der Waals surface area contributed by atoms with Gasteiger partial charge >= 0.3 is 0 Å². The fourth-order valence-electron chi connectivity index (χ4n) is 3.94. The lowest BCUT2D eigenvalue weighted by Gasteiger charge is -2.33. The molecule has 4 heterocycles. The fraction of sp³-hybridized carbons (Fsp3) is 0.240. The van der Waals surface area contributed by atoms with E-state index in [1.807, 2.05) is 55.5 Å². The summed E-state index contributed by atoms with van der Waals surface area (Å²) in [5.41, 5.74) is 2.57. The fourth-order valence-corrected chi connectivity index (χ4v) is 3.94. The summed E-state index contributed by atoms with van der Waals surface area (Å²) in [6.45, 7) is 5.83. The summed E-state index contributed by atoms with van der Waals surface area (Å²) < 4.78 is 5.74. The molecule has 1 aliphatic rings. The van der Waals surface area contributed by atoms with E-state index in [1.165, 1.54) is 0 Å². The maximum Gasteiger partial charge on any atom is 0.256 e. The van der Waals surface area contributed by atoms with Crippen LogP contribution in [0.1, 0.15) is 16.1 Å². The van der Waals surface area contributed by atoms with Gasteiger partial charge < -0.3 is 19.5 Å². The predicted octanol–water partition coefficient (Wildman–Crippen LogP) is 4.20. The number of carbonyl (C=O) groups is 1. The molecule has 1 N–H and O–H groups in total. The summed E-state index contributed by atoms with van der Waals surface area (Å²) in [7, 11) is 2.13. The quantitative estimate of drug-likeness (QED) is 0.526. The van der Waals surface area contributed by atoms with Gasteiger partial charge in [0, 0.05) is 31.6 Å². The number of piperazine rings is 1. The number of para-hydroxylation sites is 1. The molecule has 4 aromatic rings. The van der Waals surface area contributed by atoms with Crippen molar-refractivity contribution >= 4 is 28.3 Å². The van der Waals surface area contributed by atoms with Crippen LogP contribution in [-0.4, -0.2) is 54.0 Å². The number of carbonyl (C=O) groups excluding carboxylic acids is 1. The minimum atomic E-state index is -0.206. The zero-order valence-electron chi connectivity index (χ0n) is 18.2. The number of aryl methyl sites for hydroxylation is 1. The average molecular weight is 428 g/mol. The molecule has 1 amide bonds. The maximum atomic E-state index is 13.2. The summed E-state index contributed by atoms with van der Waals surface area (Å²) in [4.78, 5) is 27.0. The molecule has 7 heteroatoms. The molecule has 5 rings (SSSR count). The van der Waals surface area contributed by atoms with Crippen LogP contribution < -0.4 is 10.2 Å². The van der Waals surface area contributed by atoms with E-state index in [4.69, 9.17) is 4.42 Å². The molecule has 0 radical (unpaired) electrons. The van der Waals surface area contributed by atoms with Crippen molar-refractivity contribution in [2.75, 3.05) is 43.4 Å². The number of rotatable bonds is 4. The third kappa shape index (κ3) is 4.07. The van der Waals surface area contributed by atoms with E-state index in [9.17, 15) is 4.79 Å². The number of hydrogen-bond donors (Lipinski definition) is 1. The Balaban J connectivity index is 1.41. The van der Waals surface area contributed by atoms with Crippen LogP contribution in [-0.2, 0) is 0 Å². The topological polar surface area (TPSA) is 74.5 Å². The first kappa shape index (κ1) is 20.2. The lowest BCUT2D eigenvalue weighted by atomic mass is 10.1. The molecule has 0 atom stereocenters. The van der Waals surface area contributed by atoms with Crippen LogP contribution in [0.2, 0.25) is 0 Å². The zero-order chi connectivity index (χ0) is 22.1. The highest BCUT2D eigenvalue weighted by Crippen LogP contribution is 2.27. The van der Waals surface area contributed by atoms with Crippen LogP contribution in [0.3, 0.4) is 0 Å². The normalized spacial score (nSPS) is 14.6. The summed E-state index contributed by atoms with van der Waals surface area (Å²) >= 11 is 0. The predicted molar refractivity (Wildman–Crippen MR) is 126 cm³/mol. The number of pyridine rings is 2. The molecule has 32 heavy (non-hydrogen) atoms. The second-order valence-electron chi connectivity index (χ2n) is 8.13. The average Bonchev–Trinajstić information content (AvgIpc) is 3.26. The van der Waals surface area contributed by atoms with Crippen LogP contribution in [0.25, 0.3) is 22.4 Å². The Hall–Kier alpha value is -3.71. The van der Waals surface area contributed by atoms with Crippen molar-refractivity contribution in [2.45, 2.75) is 6.92 Å². The standard InChI is InChI=1S/C25H25N5O2/c1-17-7-9-23(32-17)22-15-20(19-5-3-4-6-21(19)28-22)25(31)27-18-8-10-24(26-16-18)30-13-11-29(2)12-14-30/h3-10,15-16H,11-14H2,1-2H3,(H,27,31). The number of likely N-dealkylation sites (N-methyl/N-ethyl adjacent to an activating group) is 1. The lowest BCUT2D eigenvalue weighted by molar-refractivity contribution is 0.102. The zero-order valence-corrected chi connectivity index (χ0v) is 18.2. The van der Waals surface area contributed by atoms with Gasteiger partial charge in [0.15, 0.2) is 5.76 Å². The van der Waals surface area contributed by atoms with Gasteiger partial charge in [0.05, 0.1) is 23.0 Å². The molecular weight excluding hydrogens is 402 g/mol. The van der Waals surface area contributed by atoms with Gasteiger partial charge in [-0.25, -0.2) is 9.97 Å². The Morgan fingerprint density at radius 2 is 1.84 bits per heavy atom. The minimum absolute atomic E-state index is 0.206. The van der Waals surface area contributed by atoms with E-state index < -0.39 is 0 Å². The number of nitrogens with one attached hydrogen (secondary N) is 1. The largest absolute Gasteiger partial charge is 0.460 e. The Morgan fingerprint density at radius 1 is 1.03 bits per heavy atom. The number of anilines is 2. The number of furan rings is 1. The third-order valence-corrected chi connectivity index (χ3v) is 5.79. The maximum absolute atomic E-state index is 13.2. The molecule has 0 saturated carbocycles. The SMILES string of the molecule is Cc1ccc(-c2cc(C(=O)Nc3ccc(N4CCN(C)CC4)nc3)c3ccccc3n2)o1.